The molecule has 0 bridgehead atoms. The van der Waals surface area contributed by atoms with Crippen molar-refractivity contribution in [1.29, 1.82) is 0 Å². The first-order chi connectivity index (χ1) is 12.0. The Morgan fingerprint density at radius 3 is 2.60 bits per heavy atom. The van der Waals surface area contributed by atoms with E-state index in [2.05, 4.69) is 6.58 Å². The number of nitrogen functional groups attached to an aromatic ring is 1. The molecule has 1 amide bonds. The lowest BCUT2D eigenvalue weighted by molar-refractivity contribution is -0.384. The lowest BCUT2D eigenvalue weighted by Crippen LogP contribution is -2.37. The molecule has 0 radical (unpaired) electrons. The van der Waals surface area contributed by atoms with Gasteiger partial charge in [-0.3, -0.25) is 19.8 Å². The maximum atomic E-state index is 12.7. The standard InChI is InChI=1S/C18H15N3O4/c1-2-9-20-15-8-5-13(19)11-16(15)25-17(18(20)22)10-12-3-6-14(7-4-12)21(23)24/h2-8,10-11H,1,9,19H2/b17-10+. The number of nitrogens with zero attached hydrogens (tertiary/aromatic N) is 2. The molecule has 2 aromatic carbocycles. The number of fused-ring (bicyclic) bond motifs is 1. The summed E-state index contributed by atoms with van der Waals surface area (Å²) in [4.78, 5) is 24.5. The summed E-state index contributed by atoms with van der Waals surface area (Å²) in [6.07, 6.45) is 3.15. The lowest BCUT2D eigenvalue weighted by atomic mass is 10.1. The molecule has 1 heterocycles. The predicted molar refractivity (Wildman–Crippen MR) is 95.1 cm³/mol. The summed E-state index contributed by atoms with van der Waals surface area (Å²) >= 11 is 0. The van der Waals surface area contributed by atoms with Crippen LogP contribution in [0, 0.1) is 10.1 Å². The van der Waals surface area contributed by atoms with E-state index in [0.717, 1.165) is 0 Å². The quantitative estimate of drug-likeness (QED) is 0.304. The normalized spacial score (nSPS) is 14.8. The van der Waals surface area contributed by atoms with Crippen molar-refractivity contribution in [2.75, 3.05) is 17.2 Å². The SMILES string of the molecule is C=CCN1C(=O)/C(=C\c2ccc([N+](=O)[O-])cc2)Oc2cc(N)ccc21. The molecule has 0 unspecified atom stereocenters. The number of hydrogen-bond donors (Lipinski definition) is 1. The second-order valence-corrected chi connectivity index (χ2v) is 5.39. The highest BCUT2D eigenvalue weighted by Crippen LogP contribution is 2.37. The molecule has 1 aliphatic rings. The number of carbonyl (C=O) groups is 1. The average molecular weight is 337 g/mol. The van der Waals surface area contributed by atoms with Crippen LogP contribution in [0.4, 0.5) is 17.1 Å². The molecule has 0 atom stereocenters. The zero-order valence-corrected chi connectivity index (χ0v) is 13.2. The number of carbonyl (C=O) groups excluding carboxylic acids is 1. The third kappa shape index (κ3) is 3.20. The fraction of sp³-hybridized carbons (Fsp3) is 0.0556. The van der Waals surface area contributed by atoms with Crippen molar-refractivity contribution in [3.8, 4) is 5.75 Å². The van der Waals surface area contributed by atoms with Crippen LogP contribution < -0.4 is 15.4 Å². The van der Waals surface area contributed by atoms with Crippen LogP contribution in [0.3, 0.4) is 0 Å². The van der Waals surface area contributed by atoms with Gasteiger partial charge in [-0.2, -0.15) is 0 Å². The van der Waals surface area contributed by atoms with Crippen molar-refractivity contribution in [3.63, 3.8) is 0 Å². The van der Waals surface area contributed by atoms with Gasteiger partial charge < -0.3 is 10.5 Å². The Balaban J connectivity index is 2.00. The molecule has 0 saturated carbocycles. The molecule has 7 nitrogen and oxygen atoms in total. The highest BCUT2D eigenvalue weighted by molar-refractivity contribution is 6.10. The Hall–Kier alpha value is -3.61. The van der Waals surface area contributed by atoms with E-state index in [-0.39, 0.29) is 17.4 Å². The number of nitrogens with two attached hydrogens (primary N) is 1. The molecular weight excluding hydrogens is 322 g/mol. The van der Waals surface area contributed by atoms with Gasteiger partial charge in [-0.1, -0.05) is 6.08 Å². The van der Waals surface area contributed by atoms with Crippen molar-refractivity contribution in [1.82, 2.24) is 0 Å². The Labute approximate surface area is 143 Å². The van der Waals surface area contributed by atoms with Crippen LogP contribution in [-0.4, -0.2) is 17.4 Å². The van der Waals surface area contributed by atoms with Crippen LogP contribution >= 0.6 is 0 Å². The van der Waals surface area contributed by atoms with E-state index in [1.165, 1.54) is 23.1 Å². The van der Waals surface area contributed by atoms with Gasteiger partial charge in [0.25, 0.3) is 11.6 Å². The van der Waals surface area contributed by atoms with Gasteiger partial charge in [0.05, 0.1) is 10.6 Å². The molecule has 0 aliphatic carbocycles. The second-order valence-electron chi connectivity index (χ2n) is 5.39. The molecule has 0 fully saturated rings. The Morgan fingerprint density at radius 1 is 1.24 bits per heavy atom. The highest BCUT2D eigenvalue weighted by atomic mass is 16.6. The zero-order valence-electron chi connectivity index (χ0n) is 13.2. The van der Waals surface area contributed by atoms with Crippen LogP contribution in [-0.2, 0) is 4.79 Å². The molecule has 0 aromatic heterocycles. The Kier molecular flexibility index (Phi) is 4.21. The van der Waals surface area contributed by atoms with Gasteiger partial charge in [-0.15, -0.1) is 6.58 Å². The molecule has 25 heavy (non-hydrogen) atoms. The van der Waals surface area contributed by atoms with Crippen molar-refractivity contribution in [2.24, 2.45) is 0 Å². The molecule has 2 aromatic rings. The minimum absolute atomic E-state index is 0.0237. The fourth-order valence-corrected chi connectivity index (χ4v) is 2.49. The van der Waals surface area contributed by atoms with Gasteiger partial charge in [0.1, 0.15) is 0 Å². The first-order valence-corrected chi connectivity index (χ1v) is 7.46. The zero-order chi connectivity index (χ0) is 18.0. The van der Waals surface area contributed by atoms with E-state index in [4.69, 9.17) is 10.5 Å². The largest absolute Gasteiger partial charge is 0.449 e. The number of hydrogen-bond acceptors (Lipinski definition) is 5. The van der Waals surface area contributed by atoms with Crippen LogP contribution in [0.15, 0.2) is 60.9 Å². The summed E-state index contributed by atoms with van der Waals surface area (Å²) in [6.45, 7) is 3.99. The Morgan fingerprint density at radius 2 is 1.96 bits per heavy atom. The minimum atomic E-state index is -0.482. The third-order valence-corrected chi connectivity index (χ3v) is 3.66. The topological polar surface area (TPSA) is 98.7 Å². The summed E-state index contributed by atoms with van der Waals surface area (Å²) in [7, 11) is 0. The number of nitro groups is 1. The number of benzene rings is 2. The third-order valence-electron chi connectivity index (χ3n) is 3.66. The Bertz CT molecular complexity index is 888. The highest BCUT2D eigenvalue weighted by Gasteiger charge is 2.29. The van der Waals surface area contributed by atoms with Crippen LogP contribution in [0.2, 0.25) is 0 Å². The average Bonchev–Trinajstić information content (AvgIpc) is 2.59. The van der Waals surface area contributed by atoms with Crippen LogP contribution in [0.25, 0.3) is 6.08 Å². The first-order valence-electron chi connectivity index (χ1n) is 7.46. The smallest absolute Gasteiger partial charge is 0.294 e. The van der Waals surface area contributed by atoms with Crippen molar-refractivity contribution < 1.29 is 14.5 Å². The molecule has 1 aliphatic heterocycles. The molecule has 0 spiro atoms. The van der Waals surface area contributed by atoms with Crippen LogP contribution in [0.1, 0.15) is 5.56 Å². The van der Waals surface area contributed by atoms with E-state index in [9.17, 15) is 14.9 Å². The second kappa shape index (κ2) is 6.48. The van der Waals surface area contributed by atoms with E-state index in [1.807, 2.05) is 0 Å². The number of non-ortho nitro benzene ring substituents is 1. The van der Waals surface area contributed by atoms with Gasteiger partial charge in [-0.05, 0) is 35.9 Å². The van der Waals surface area contributed by atoms with E-state index in [1.54, 1.807) is 36.4 Å². The van der Waals surface area contributed by atoms with Gasteiger partial charge in [0.2, 0.25) is 0 Å². The monoisotopic (exact) mass is 337 g/mol. The summed E-state index contributed by atoms with van der Waals surface area (Å²) in [5.74, 6) is 0.249. The summed E-state index contributed by atoms with van der Waals surface area (Å²) < 4.78 is 5.70. The number of rotatable bonds is 4. The van der Waals surface area contributed by atoms with Crippen molar-refractivity contribution in [2.45, 2.75) is 0 Å². The predicted octanol–water partition coefficient (Wildman–Crippen LogP) is 3.13. The van der Waals surface area contributed by atoms with Gasteiger partial charge in [0, 0.05) is 30.4 Å². The lowest BCUT2D eigenvalue weighted by Gasteiger charge is -2.29. The summed E-state index contributed by atoms with van der Waals surface area (Å²) in [6, 6.07) is 10.9. The number of nitro benzene ring substituents is 1. The minimum Gasteiger partial charge on any atom is -0.449 e. The molecule has 126 valence electrons. The molecule has 2 N–H and O–H groups in total. The molecular formula is C18H15N3O4. The van der Waals surface area contributed by atoms with Gasteiger partial charge in [0.15, 0.2) is 11.5 Å². The van der Waals surface area contributed by atoms with Gasteiger partial charge >= 0.3 is 0 Å². The summed E-state index contributed by atoms with van der Waals surface area (Å²) in [5.41, 5.74) is 7.51. The number of anilines is 2. The van der Waals surface area contributed by atoms with Crippen molar-refractivity contribution >= 4 is 29.0 Å². The number of ether oxygens (including phenoxy) is 1. The number of amides is 1. The van der Waals surface area contributed by atoms with Crippen LogP contribution in [0.5, 0.6) is 5.75 Å². The molecule has 0 saturated heterocycles. The molecule has 3 rings (SSSR count). The van der Waals surface area contributed by atoms with Crippen molar-refractivity contribution in [3.05, 3.63) is 76.6 Å². The van der Waals surface area contributed by atoms with Gasteiger partial charge in [-0.25, -0.2) is 0 Å². The summed E-state index contributed by atoms with van der Waals surface area (Å²) in [5, 5.41) is 10.7. The van der Waals surface area contributed by atoms with E-state index in [0.29, 0.717) is 29.2 Å². The fourth-order valence-electron chi connectivity index (χ4n) is 2.49. The first kappa shape index (κ1) is 16.3. The van der Waals surface area contributed by atoms with E-state index >= 15 is 0 Å². The van der Waals surface area contributed by atoms with E-state index < -0.39 is 4.92 Å². The maximum Gasteiger partial charge on any atom is 0.294 e. The molecule has 7 heteroatoms. The maximum absolute atomic E-state index is 12.7.